The lowest BCUT2D eigenvalue weighted by Gasteiger charge is -2.02. The van der Waals surface area contributed by atoms with E-state index in [2.05, 4.69) is 15.2 Å². The maximum atomic E-state index is 11.6. The van der Waals surface area contributed by atoms with Crippen LogP contribution in [0.2, 0.25) is 0 Å². The number of hydrogen-bond acceptors (Lipinski definition) is 6. The van der Waals surface area contributed by atoms with Crippen molar-refractivity contribution in [3.8, 4) is 17.6 Å². The lowest BCUT2D eigenvalue weighted by atomic mass is 10.2. The predicted molar refractivity (Wildman–Crippen MR) is 72.3 cm³/mol. The van der Waals surface area contributed by atoms with Gasteiger partial charge >= 0.3 is 5.97 Å². The highest BCUT2D eigenvalue weighted by atomic mass is 16.5. The van der Waals surface area contributed by atoms with E-state index in [1.165, 1.54) is 13.3 Å². The van der Waals surface area contributed by atoms with E-state index in [0.29, 0.717) is 28.3 Å². The van der Waals surface area contributed by atoms with E-state index in [4.69, 9.17) is 10.00 Å². The number of methoxy groups -OCH3 is 1. The van der Waals surface area contributed by atoms with Gasteiger partial charge in [-0.15, -0.1) is 10.2 Å². The highest BCUT2D eigenvalue weighted by Crippen LogP contribution is 2.17. The molecule has 0 spiro atoms. The van der Waals surface area contributed by atoms with Crippen molar-refractivity contribution in [3.63, 3.8) is 0 Å². The Morgan fingerprint density at radius 3 is 2.81 bits per heavy atom. The van der Waals surface area contributed by atoms with E-state index < -0.39 is 5.97 Å². The summed E-state index contributed by atoms with van der Waals surface area (Å²) in [5.74, 6) is 0.0459. The molecule has 0 unspecified atom stereocenters. The monoisotopic (exact) mass is 279 g/mol. The predicted octanol–water partition coefficient (Wildman–Crippen LogP) is 1.45. The first-order valence-corrected chi connectivity index (χ1v) is 6.02. The van der Waals surface area contributed by atoms with E-state index in [-0.39, 0.29) is 0 Å². The highest BCUT2D eigenvalue weighted by Gasteiger charge is 2.12. The van der Waals surface area contributed by atoms with Gasteiger partial charge < -0.3 is 4.74 Å². The average Bonchev–Trinajstić information content (AvgIpc) is 2.97. The van der Waals surface area contributed by atoms with E-state index in [1.807, 2.05) is 6.07 Å². The number of hydrogen-bond donors (Lipinski definition) is 0. The second kappa shape index (κ2) is 5.02. The molecule has 0 bridgehead atoms. The van der Waals surface area contributed by atoms with Crippen LogP contribution in [0, 0.1) is 11.3 Å². The molecule has 0 N–H and O–H groups in total. The van der Waals surface area contributed by atoms with Crippen LogP contribution in [0.4, 0.5) is 0 Å². The summed E-state index contributed by atoms with van der Waals surface area (Å²) in [6.07, 6.45) is 3.05. The zero-order valence-electron chi connectivity index (χ0n) is 11.0. The second-order valence-electron chi connectivity index (χ2n) is 4.21. The van der Waals surface area contributed by atoms with Crippen molar-refractivity contribution < 1.29 is 9.53 Å². The van der Waals surface area contributed by atoms with Crippen molar-refractivity contribution >= 4 is 11.6 Å². The summed E-state index contributed by atoms with van der Waals surface area (Å²) in [4.78, 5) is 15.8. The molecule has 3 aromatic rings. The zero-order valence-corrected chi connectivity index (χ0v) is 11.0. The van der Waals surface area contributed by atoms with Gasteiger partial charge in [0.25, 0.3) is 0 Å². The molecule has 0 aliphatic rings. The van der Waals surface area contributed by atoms with Crippen LogP contribution >= 0.6 is 0 Å². The molecule has 0 amide bonds. The summed E-state index contributed by atoms with van der Waals surface area (Å²) >= 11 is 0. The van der Waals surface area contributed by atoms with Crippen LogP contribution in [-0.2, 0) is 4.74 Å². The molecular formula is C14H9N5O2. The molecule has 0 radical (unpaired) electrons. The number of nitriles is 1. The fourth-order valence-electron chi connectivity index (χ4n) is 1.90. The van der Waals surface area contributed by atoms with Gasteiger partial charge in [0.2, 0.25) is 0 Å². The summed E-state index contributed by atoms with van der Waals surface area (Å²) in [5, 5.41) is 16.9. The minimum atomic E-state index is -0.440. The van der Waals surface area contributed by atoms with Crippen molar-refractivity contribution in [1.29, 1.82) is 5.26 Å². The summed E-state index contributed by atoms with van der Waals surface area (Å²) in [6.45, 7) is 0. The molecule has 7 heteroatoms. The Balaban J connectivity index is 2.13. The Bertz CT molecular complexity index is 861. The van der Waals surface area contributed by atoms with Crippen LogP contribution in [0.5, 0.6) is 0 Å². The number of carbonyl (C=O) groups excluding carboxylic acids is 1. The standard InChI is InChI=1S/C14H9N5O2/c1-21-14(20)10-3-5-12-17-18-13(19(12)8-10)11-4-2-9(6-15)7-16-11/h2-5,7-8H,1H3. The number of fused-ring (bicyclic) bond motifs is 1. The topological polar surface area (TPSA) is 93.2 Å². The third kappa shape index (κ3) is 2.19. The van der Waals surface area contributed by atoms with Crippen LogP contribution < -0.4 is 0 Å². The summed E-state index contributed by atoms with van der Waals surface area (Å²) in [5.41, 5.74) is 2.00. The third-order valence-electron chi connectivity index (χ3n) is 2.95. The molecule has 3 heterocycles. The Hall–Kier alpha value is -3.27. The molecule has 0 fully saturated rings. The minimum Gasteiger partial charge on any atom is -0.465 e. The maximum Gasteiger partial charge on any atom is 0.339 e. The number of aromatic nitrogens is 4. The van der Waals surface area contributed by atoms with Gasteiger partial charge in [-0.2, -0.15) is 5.26 Å². The summed E-state index contributed by atoms with van der Waals surface area (Å²) in [6, 6.07) is 8.62. The lowest BCUT2D eigenvalue weighted by molar-refractivity contribution is 0.0600. The summed E-state index contributed by atoms with van der Waals surface area (Å²) in [7, 11) is 1.32. The number of rotatable bonds is 2. The van der Waals surface area contributed by atoms with Crippen LogP contribution in [0.25, 0.3) is 17.2 Å². The van der Waals surface area contributed by atoms with Gasteiger partial charge in [0.1, 0.15) is 11.8 Å². The van der Waals surface area contributed by atoms with Gasteiger partial charge in [0.05, 0.1) is 18.2 Å². The quantitative estimate of drug-likeness (QED) is 0.659. The fraction of sp³-hybridized carbons (Fsp3) is 0.0714. The van der Waals surface area contributed by atoms with Crippen molar-refractivity contribution in [2.75, 3.05) is 7.11 Å². The Morgan fingerprint density at radius 2 is 2.14 bits per heavy atom. The van der Waals surface area contributed by atoms with Gasteiger partial charge in [-0.05, 0) is 24.3 Å². The molecule has 0 aliphatic heterocycles. The molecule has 0 saturated heterocycles. The van der Waals surface area contributed by atoms with Crippen LogP contribution in [0.3, 0.4) is 0 Å². The number of esters is 1. The second-order valence-corrected chi connectivity index (χ2v) is 4.21. The maximum absolute atomic E-state index is 11.6. The molecule has 0 aliphatic carbocycles. The average molecular weight is 279 g/mol. The molecule has 0 atom stereocenters. The fourth-order valence-corrected chi connectivity index (χ4v) is 1.90. The van der Waals surface area contributed by atoms with Gasteiger partial charge in [0, 0.05) is 12.4 Å². The number of nitrogens with zero attached hydrogens (tertiary/aromatic N) is 5. The summed E-state index contributed by atoms with van der Waals surface area (Å²) < 4.78 is 6.35. The number of ether oxygens (including phenoxy) is 1. The molecule has 0 aromatic carbocycles. The first-order valence-electron chi connectivity index (χ1n) is 6.02. The number of pyridine rings is 2. The van der Waals surface area contributed by atoms with Crippen molar-refractivity contribution in [2.45, 2.75) is 0 Å². The van der Waals surface area contributed by atoms with E-state index in [9.17, 15) is 4.79 Å². The Labute approximate surface area is 119 Å². The molecular weight excluding hydrogens is 270 g/mol. The first kappa shape index (κ1) is 12.7. The lowest BCUT2D eigenvalue weighted by Crippen LogP contribution is -2.03. The number of carbonyl (C=O) groups is 1. The molecule has 7 nitrogen and oxygen atoms in total. The molecule has 102 valence electrons. The molecule has 21 heavy (non-hydrogen) atoms. The Kier molecular flexibility index (Phi) is 3.04. The van der Waals surface area contributed by atoms with Crippen molar-refractivity contribution in [3.05, 3.63) is 47.8 Å². The highest BCUT2D eigenvalue weighted by molar-refractivity contribution is 5.89. The van der Waals surface area contributed by atoms with Crippen LogP contribution in [0.15, 0.2) is 36.7 Å². The van der Waals surface area contributed by atoms with E-state index in [1.54, 1.807) is 34.9 Å². The zero-order chi connectivity index (χ0) is 14.8. The third-order valence-corrected chi connectivity index (χ3v) is 2.95. The molecule has 3 aromatic heterocycles. The van der Waals surface area contributed by atoms with E-state index >= 15 is 0 Å². The van der Waals surface area contributed by atoms with Crippen molar-refractivity contribution in [2.24, 2.45) is 0 Å². The Morgan fingerprint density at radius 1 is 1.29 bits per heavy atom. The van der Waals surface area contributed by atoms with Crippen LogP contribution in [-0.4, -0.2) is 32.7 Å². The van der Waals surface area contributed by atoms with Gasteiger partial charge in [-0.3, -0.25) is 9.38 Å². The van der Waals surface area contributed by atoms with E-state index in [0.717, 1.165) is 0 Å². The van der Waals surface area contributed by atoms with Crippen molar-refractivity contribution in [1.82, 2.24) is 19.6 Å². The molecule has 3 rings (SSSR count). The first-order chi connectivity index (χ1) is 10.2. The normalized spacial score (nSPS) is 10.3. The van der Waals surface area contributed by atoms with Crippen LogP contribution in [0.1, 0.15) is 15.9 Å². The minimum absolute atomic E-state index is 0.389. The van der Waals surface area contributed by atoms with Gasteiger partial charge in [-0.1, -0.05) is 0 Å². The SMILES string of the molecule is COC(=O)c1ccc2nnc(-c3ccc(C#N)cn3)n2c1. The van der Waals surface area contributed by atoms with Gasteiger partial charge in [0.15, 0.2) is 11.5 Å². The largest absolute Gasteiger partial charge is 0.465 e. The smallest absolute Gasteiger partial charge is 0.339 e. The van der Waals surface area contributed by atoms with Gasteiger partial charge in [-0.25, -0.2) is 4.79 Å². The molecule has 0 saturated carbocycles.